The fourth-order valence-electron chi connectivity index (χ4n) is 3.64. The molecular weight excluding hydrogens is 475 g/mol. The number of likely N-dealkylation sites (N-methyl/N-ethyl adjacent to an activating group) is 1. The summed E-state index contributed by atoms with van der Waals surface area (Å²) < 4.78 is 1.93. The molecule has 1 atom stereocenters. The highest BCUT2D eigenvalue weighted by Crippen LogP contribution is 2.11. The van der Waals surface area contributed by atoms with Gasteiger partial charge in [-0.2, -0.15) is 5.10 Å². The Morgan fingerprint density at radius 2 is 1.79 bits per heavy atom. The van der Waals surface area contributed by atoms with Gasteiger partial charge in [-0.3, -0.25) is 14.6 Å². The van der Waals surface area contributed by atoms with Crippen molar-refractivity contribution in [3.63, 3.8) is 0 Å². The Morgan fingerprint density at radius 3 is 2.31 bits per heavy atom. The van der Waals surface area contributed by atoms with E-state index in [1.807, 2.05) is 18.8 Å². The minimum atomic E-state index is 0. The number of halogens is 1. The number of nitrogens with one attached hydrogen (secondary N) is 2. The van der Waals surface area contributed by atoms with Crippen LogP contribution in [0.15, 0.2) is 35.3 Å². The quantitative estimate of drug-likeness (QED) is 0.308. The van der Waals surface area contributed by atoms with Gasteiger partial charge < -0.3 is 10.6 Å². The largest absolute Gasteiger partial charge is 0.355 e. The van der Waals surface area contributed by atoms with Gasteiger partial charge in [-0.1, -0.05) is 44.2 Å². The normalized spacial score (nSPS) is 12.6. The first kappa shape index (κ1) is 25.4. The molecule has 2 rings (SSSR count). The van der Waals surface area contributed by atoms with Crippen molar-refractivity contribution in [1.29, 1.82) is 0 Å². The van der Waals surface area contributed by atoms with Crippen LogP contribution in [0.5, 0.6) is 0 Å². The smallest absolute Gasteiger partial charge is 0.191 e. The van der Waals surface area contributed by atoms with E-state index in [4.69, 9.17) is 0 Å². The summed E-state index contributed by atoms with van der Waals surface area (Å²) in [5.41, 5.74) is 4.85. The van der Waals surface area contributed by atoms with Gasteiger partial charge in [0.25, 0.3) is 0 Å². The molecule has 1 aromatic carbocycles. The van der Waals surface area contributed by atoms with E-state index in [2.05, 4.69) is 83.7 Å². The summed E-state index contributed by atoms with van der Waals surface area (Å²) in [6.07, 6.45) is 1.02. The van der Waals surface area contributed by atoms with Crippen molar-refractivity contribution < 1.29 is 0 Å². The monoisotopic (exact) mass is 512 g/mol. The van der Waals surface area contributed by atoms with E-state index in [1.54, 1.807) is 0 Å². The third kappa shape index (κ3) is 7.29. The van der Waals surface area contributed by atoms with Gasteiger partial charge in [0.05, 0.1) is 5.69 Å². The second-order valence-corrected chi connectivity index (χ2v) is 7.14. The SMILES string of the molecule is CCN(CC)C(CNC(=NC)NCc1c(C)nn(C)c1C)Cc1ccccc1.I. The molecule has 29 heavy (non-hydrogen) atoms. The van der Waals surface area contributed by atoms with Crippen molar-refractivity contribution in [2.45, 2.75) is 46.7 Å². The van der Waals surface area contributed by atoms with Crippen LogP contribution in [0.1, 0.15) is 36.4 Å². The molecule has 0 radical (unpaired) electrons. The van der Waals surface area contributed by atoms with Crippen molar-refractivity contribution in [3.05, 3.63) is 52.8 Å². The number of hydrogen-bond donors (Lipinski definition) is 2. The van der Waals surface area contributed by atoms with E-state index in [-0.39, 0.29) is 24.0 Å². The maximum Gasteiger partial charge on any atom is 0.191 e. The predicted octanol–water partition coefficient (Wildman–Crippen LogP) is 3.27. The van der Waals surface area contributed by atoms with Crippen LogP contribution in [0, 0.1) is 13.8 Å². The molecule has 0 saturated heterocycles. The summed E-state index contributed by atoms with van der Waals surface area (Å²) in [6, 6.07) is 11.1. The third-order valence-corrected chi connectivity index (χ3v) is 5.46. The Labute approximate surface area is 193 Å². The zero-order valence-electron chi connectivity index (χ0n) is 18.7. The molecule has 0 bridgehead atoms. The van der Waals surface area contributed by atoms with Crippen LogP contribution in [0.25, 0.3) is 0 Å². The average Bonchev–Trinajstić information content (AvgIpc) is 2.95. The van der Waals surface area contributed by atoms with Crippen LogP contribution in [-0.4, -0.2) is 53.4 Å². The van der Waals surface area contributed by atoms with Crippen molar-refractivity contribution in [2.75, 3.05) is 26.7 Å². The maximum absolute atomic E-state index is 4.49. The Bertz CT molecular complexity index is 752. The Balaban J connectivity index is 0.00000420. The molecule has 0 fully saturated rings. The molecule has 7 heteroatoms. The number of rotatable bonds is 9. The molecule has 0 aliphatic heterocycles. The predicted molar refractivity (Wildman–Crippen MR) is 133 cm³/mol. The standard InChI is InChI=1S/C22H36N6.HI/c1-7-28(8-2)20(14-19-12-10-9-11-13-19)15-24-22(23-5)25-16-21-17(3)26-27(6)18(21)4;/h9-13,20H,7-8,14-16H2,1-6H3,(H2,23,24,25);1H. The number of hydrogen-bond acceptors (Lipinski definition) is 3. The van der Waals surface area contributed by atoms with Gasteiger partial charge in [-0.15, -0.1) is 24.0 Å². The molecule has 0 amide bonds. The van der Waals surface area contributed by atoms with E-state index in [0.717, 1.165) is 44.3 Å². The van der Waals surface area contributed by atoms with Gasteiger partial charge in [0.2, 0.25) is 0 Å². The fourth-order valence-corrected chi connectivity index (χ4v) is 3.64. The van der Waals surface area contributed by atoms with Gasteiger partial charge in [0.15, 0.2) is 5.96 Å². The van der Waals surface area contributed by atoms with E-state index in [1.165, 1.54) is 16.8 Å². The summed E-state index contributed by atoms with van der Waals surface area (Å²) in [5.74, 6) is 0.827. The minimum absolute atomic E-state index is 0. The maximum atomic E-state index is 4.49. The van der Waals surface area contributed by atoms with Crippen molar-refractivity contribution >= 4 is 29.9 Å². The van der Waals surface area contributed by atoms with Crippen LogP contribution >= 0.6 is 24.0 Å². The molecule has 2 aromatic rings. The van der Waals surface area contributed by atoms with Crippen LogP contribution in [0.3, 0.4) is 0 Å². The van der Waals surface area contributed by atoms with Gasteiger partial charge in [-0.25, -0.2) is 0 Å². The molecule has 1 unspecified atom stereocenters. The van der Waals surface area contributed by atoms with Gasteiger partial charge in [0.1, 0.15) is 0 Å². The number of aliphatic imine (C=N–C) groups is 1. The van der Waals surface area contributed by atoms with Crippen molar-refractivity contribution in [2.24, 2.45) is 12.0 Å². The highest BCUT2D eigenvalue weighted by atomic mass is 127. The molecule has 0 saturated carbocycles. The molecule has 2 N–H and O–H groups in total. The summed E-state index contributed by atoms with van der Waals surface area (Å²) in [6.45, 7) is 12.2. The highest BCUT2D eigenvalue weighted by molar-refractivity contribution is 14.0. The first-order valence-electron chi connectivity index (χ1n) is 10.2. The second kappa shape index (κ2) is 12.8. The summed E-state index contributed by atoms with van der Waals surface area (Å²) >= 11 is 0. The first-order chi connectivity index (χ1) is 13.5. The lowest BCUT2D eigenvalue weighted by Gasteiger charge is -2.30. The Kier molecular flexibility index (Phi) is 11.3. The number of aromatic nitrogens is 2. The first-order valence-corrected chi connectivity index (χ1v) is 10.2. The van der Waals surface area contributed by atoms with Crippen LogP contribution in [0.4, 0.5) is 0 Å². The number of benzene rings is 1. The summed E-state index contributed by atoms with van der Waals surface area (Å²) in [4.78, 5) is 6.91. The Hall–Kier alpha value is -1.61. The molecule has 0 aliphatic rings. The van der Waals surface area contributed by atoms with E-state index in [9.17, 15) is 0 Å². The third-order valence-electron chi connectivity index (χ3n) is 5.46. The molecule has 0 spiro atoms. The summed E-state index contributed by atoms with van der Waals surface area (Å²) in [5, 5.41) is 11.5. The minimum Gasteiger partial charge on any atom is -0.355 e. The number of nitrogens with zero attached hydrogens (tertiary/aromatic N) is 4. The van der Waals surface area contributed by atoms with Crippen molar-refractivity contribution in [1.82, 2.24) is 25.3 Å². The summed E-state index contributed by atoms with van der Waals surface area (Å²) in [7, 11) is 3.80. The van der Waals surface area contributed by atoms with Gasteiger partial charge in [0, 0.05) is 44.5 Å². The average molecular weight is 512 g/mol. The molecule has 1 heterocycles. The lowest BCUT2D eigenvalue weighted by atomic mass is 10.0. The molecule has 0 aliphatic carbocycles. The fraction of sp³-hybridized carbons (Fsp3) is 0.545. The molecule has 6 nitrogen and oxygen atoms in total. The number of aryl methyl sites for hydroxylation is 2. The van der Waals surface area contributed by atoms with Crippen LogP contribution < -0.4 is 10.6 Å². The molecule has 1 aromatic heterocycles. The molecule has 162 valence electrons. The topological polar surface area (TPSA) is 57.5 Å². The van der Waals surface area contributed by atoms with Gasteiger partial charge >= 0.3 is 0 Å². The highest BCUT2D eigenvalue weighted by Gasteiger charge is 2.17. The molecular formula is C22H37IN6. The van der Waals surface area contributed by atoms with E-state index in [0.29, 0.717) is 6.04 Å². The lowest BCUT2D eigenvalue weighted by molar-refractivity contribution is 0.215. The van der Waals surface area contributed by atoms with Crippen LogP contribution in [-0.2, 0) is 20.0 Å². The second-order valence-electron chi connectivity index (χ2n) is 7.14. The van der Waals surface area contributed by atoms with E-state index >= 15 is 0 Å². The van der Waals surface area contributed by atoms with Gasteiger partial charge in [-0.05, 0) is 38.9 Å². The van der Waals surface area contributed by atoms with Crippen molar-refractivity contribution in [3.8, 4) is 0 Å². The Morgan fingerprint density at radius 1 is 1.14 bits per heavy atom. The van der Waals surface area contributed by atoms with Crippen LogP contribution in [0.2, 0.25) is 0 Å². The zero-order valence-corrected chi connectivity index (χ0v) is 21.0. The number of guanidine groups is 1. The zero-order chi connectivity index (χ0) is 20.5. The lowest BCUT2D eigenvalue weighted by Crippen LogP contribution is -2.48. The van der Waals surface area contributed by atoms with E-state index < -0.39 is 0 Å².